The monoisotopic (exact) mass is 346 g/mol. The molecule has 0 unspecified atom stereocenters. The molecule has 0 radical (unpaired) electrons. The van der Waals surface area contributed by atoms with Gasteiger partial charge in [0.15, 0.2) is 0 Å². The summed E-state index contributed by atoms with van der Waals surface area (Å²) in [7, 11) is -1.94. The number of pyridine rings is 1. The van der Waals surface area contributed by atoms with Gasteiger partial charge in [-0.05, 0) is 49.9 Å². The van der Waals surface area contributed by atoms with E-state index in [0.717, 1.165) is 29.5 Å². The second-order valence-corrected chi connectivity index (χ2v) is 8.06. The van der Waals surface area contributed by atoms with Gasteiger partial charge in [-0.15, -0.1) is 0 Å². The van der Waals surface area contributed by atoms with E-state index in [-0.39, 0.29) is 6.04 Å². The molecule has 2 aromatic rings. The fourth-order valence-corrected chi connectivity index (χ4v) is 4.86. The number of sulfonamides is 1. The highest BCUT2D eigenvalue weighted by molar-refractivity contribution is 7.89. The van der Waals surface area contributed by atoms with Crippen LogP contribution in [0.25, 0.3) is 0 Å². The van der Waals surface area contributed by atoms with Gasteiger partial charge in [0, 0.05) is 18.8 Å². The van der Waals surface area contributed by atoms with Gasteiger partial charge in [0.05, 0.1) is 18.0 Å². The van der Waals surface area contributed by atoms with E-state index < -0.39 is 10.0 Å². The van der Waals surface area contributed by atoms with Crippen molar-refractivity contribution in [2.75, 3.05) is 13.7 Å². The van der Waals surface area contributed by atoms with Crippen molar-refractivity contribution in [2.24, 2.45) is 0 Å². The summed E-state index contributed by atoms with van der Waals surface area (Å²) >= 11 is 0. The summed E-state index contributed by atoms with van der Waals surface area (Å²) in [4.78, 5) is 4.61. The Bertz CT molecular complexity index is 832. The highest BCUT2D eigenvalue weighted by Crippen LogP contribution is 2.38. The van der Waals surface area contributed by atoms with Crippen LogP contribution in [0.3, 0.4) is 0 Å². The van der Waals surface area contributed by atoms with Gasteiger partial charge < -0.3 is 4.74 Å². The van der Waals surface area contributed by atoms with Crippen molar-refractivity contribution >= 4 is 10.0 Å². The van der Waals surface area contributed by atoms with Gasteiger partial charge >= 0.3 is 0 Å². The Labute approximate surface area is 143 Å². The van der Waals surface area contributed by atoms with Crippen LogP contribution in [-0.2, 0) is 10.0 Å². The minimum absolute atomic E-state index is 0.172. The summed E-state index contributed by atoms with van der Waals surface area (Å²) < 4.78 is 32.8. The molecule has 128 valence electrons. The summed E-state index contributed by atoms with van der Waals surface area (Å²) in [6, 6.07) is 8.70. The molecule has 0 saturated carbocycles. The summed E-state index contributed by atoms with van der Waals surface area (Å²) in [5, 5.41) is 0. The van der Waals surface area contributed by atoms with Gasteiger partial charge in [-0.3, -0.25) is 0 Å². The van der Waals surface area contributed by atoms with Crippen molar-refractivity contribution in [3.05, 3.63) is 53.2 Å². The van der Waals surface area contributed by atoms with Gasteiger partial charge in [0.2, 0.25) is 15.9 Å². The smallest absolute Gasteiger partial charge is 0.243 e. The topological polar surface area (TPSA) is 59.5 Å². The highest BCUT2D eigenvalue weighted by atomic mass is 32.2. The van der Waals surface area contributed by atoms with Crippen molar-refractivity contribution < 1.29 is 13.2 Å². The summed E-state index contributed by atoms with van der Waals surface area (Å²) in [6.07, 6.45) is 3.39. The van der Waals surface area contributed by atoms with Gasteiger partial charge in [-0.2, -0.15) is 4.31 Å². The van der Waals surface area contributed by atoms with Crippen LogP contribution in [0, 0.1) is 13.8 Å². The number of hydrogen-bond acceptors (Lipinski definition) is 4. The number of ether oxygens (including phenoxy) is 1. The minimum atomic E-state index is -3.51. The molecular weight excluding hydrogens is 324 g/mol. The molecule has 0 N–H and O–H groups in total. The number of hydrogen-bond donors (Lipinski definition) is 0. The quantitative estimate of drug-likeness (QED) is 0.853. The lowest BCUT2D eigenvalue weighted by Gasteiger charge is -2.25. The maximum absolute atomic E-state index is 13.0. The Hall–Kier alpha value is -1.92. The Morgan fingerprint density at radius 1 is 1.21 bits per heavy atom. The Morgan fingerprint density at radius 3 is 2.54 bits per heavy atom. The first-order chi connectivity index (χ1) is 11.4. The van der Waals surface area contributed by atoms with Crippen LogP contribution in [0.15, 0.2) is 41.4 Å². The first kappa shape index (κ1) is 16.9. The van der Waals surface area contributed by atoms with Crippen LogP contribution in [0.2, 0.25) is 0 Å². The zero-order valence-corrected chi connectivity index (χ0v) is 15.0. The van der Waals surface area contributed by atoms with Crippen molar-refractivity contribution in [1.82, 2.24) is 9.29 Å². The second kappa shape index (κ2) is 6.53. The Morgan fingerprint density at radius 2 is 1.92 bits per heavy atom. The van der Waals surface area contributed by atoms with Crippen LogP contribution in [0.1, 0.15) is 35.6 Å². The molecule has 0 aliphatic carbocycles. The van der Waals surface area contributed by atoms with Crippen molar-refractivity contribution in [3.8, 4) is 5.88 Å². The third kappa shape index (κ3) is 3.03. The maximum atomic E-state index is 13.0. The second-order valence-electron chi connectivity index (χ2n) is 6.17. The van der Waals surface area contributed by atoms with E-state index in [4.69, 9.17) is 4.74 Å². The van der Waals surface area contributed by atoms with E-state index in [1.54, 1.807) is 29.7 Å². The minimum Gasteiger partial charge on any atom is -0.481 e. The third-order valence-corrected chi connectivity index (χ3v) is 6.45. The predicted molar refractivity (Wildman–Crippen MR) is 92.6 cm³/mol. The molecule has 1 aliphatic heterocycles. The molecule has 6 heteroatoms. The molecule has 0 spiro atoms. The predicted octanol–water partition coefficient (Wildman–Crippen LogP) is 3.23. The van der Waals surface area contributed by atoms with E-state index >= 15 is 0 Å². The fourth-order valence-electron chi connectivity index (χ4n) is 3.19. The first-order valence-corrected chi connectivity index (χ1v) is 9.46. The summed E-state index contributed by atoms with van der Waals surface area (Å²) in [5.74, 6) is 0.544. The normalized spacial score (nSPS) is 18.7. The first-order valence-electron chi connectivity index (χ1n) is 8.02. The molecule has 1 atom stereocenters. The SMILES string of the molecule is COc1cc(C)c([C@H]2CCCN2S(=O)(=O)c2ccc(C)cc2)cn1. The van der Waals surface area contributed by atoms with Crippen LogP contribution in [-0.4, -0.2) is 31.4 Å². The molecule has 5 nitrogen and oxygen atoms in total. The molecule has 24 heavy (non-hydrogen) atoms. The lowest BCUT2D eigenvalue weighted by Crippen LogP contribution is -2.31. The molecule has 2 heterocycles. The molecule has 3 rings (SSSR count). The number of aromatic nitrogens is 1. The average Bonchev–Trinajstić information content (AvgIpc) is 3.05. The molecule has 1 aromatic carbocycles. The molecule has 0 amide bonds. The van der Waals surface area contributed by atoms with E-state index in [9.17, 15) is 8.42 Å². The third-order valence-electron chi connectivity index (χ3n) is 4.53. The van der Waals surface area contributed by atoms with Crippen LogP contribution < -0.4 is 4.74 Å². The van der Waals surface area contributed by atoms with Crippen molar-refractivity contribution in [1.29, 1.82) is 0 Å². The van der Waals surface area contributed by atoms with Gasteiger partial charge in [0.1, 0.15) is 0 Å². The lowest BCUT2D eigenvalue weighted by atomic mass is 10.0. The standard InChI is InChI=1S/C18H22N2O3S/c1-13-6-8-15(9-7-13)24(21,22)20-10-4-5-17(20)16-12-19-18(23-3)11-14(16)2/h6-9,11-12,17H,4-5,10H2,1-3H3/t17-/m1/s1. The number of nitrogens with zero attached hydrogens (tertiary/aromatic N) is 2. The highest BCUT2D eigenvalue weighted by Gasteiger charge is 2.37. The van der Waals surface area contributed by atoms with E-state index in [2.05, 4.69) is 4.98 Å². The van der Waals surface area contributed by atoms with E-state index in [1.165, 1.54) is 0 Å². The Kier molecular flexibility index (Phi) is 4.60. The summed E-state index contributed by atoms with van der Waals surface area (Å²) in [6.45, 7) is 4.45. The van der Waals surface area contributed by atoms with Crippen molar-refractivity contribution in [3.63, 3.8) is 0 Å². The average molecular weight is 346 g/mol. The van der Waals surface area contributed by atoms with Gasteiger partial charge in [-0.25, -0.2) is 13.4 Å². The maximum Gasteiger partial charge on any atom is 0.243 e. The van der Waals surface area contributed by atoms with Crippen molar-refractivity contribution in [2.45, 2.75) is 37.6 Å². The number of aryl methyl sites for hydroxylation is 2. The van der Waals surface area contributed by atoms with Crippen LogP contribution in [0.5, 0.6) is 5.88 Å². The molecule has 1 aliphatic rings. The largest absolute Gasteiger partial charge is 0.481 e. The van der Waals surface area contributed by atoms with E-state index in [1.807, 2.05) is 32.0 Å². The van der Waals surface area contributed by atoms with Gasteiger partial charge in [0.25, 0.3) is 0 Å². The molecule has 1 saturated heterocycles. The number of methoxy groups -OCH3 is 1. The van der Waals surface area contributed by atoms with Crippen LogP contribution in [0.4, 0.5) is 0 Å². The Balaban J connectivity index is 1.97. The molecule has 1 fully saturated rings. The molecular formula is C18H22N2O3S. The van der Waals surface area contributed by atoms with E-state index in [0.29, 0.717) is 17.3 Å². The fraction of sp³-hybridized carbons (Fsp3) is 0.389. The number of benzene rings is 1. The van der Waals surface area contributed by atoms with Crippen LogP contribution >= 0.6 is 0 Å². The number of rotatable bonds is 4. The summed E-state index contributed by atoms with van der Waals surface area (Å²) in [5.41, 5.74) is 2.99. The zero-order chi connectivity index (χ0) is 17.3. The molecule has 0 bridgehead atoms. The molecule has 1 aromatic heterocycles. The van der Waals surface area contributed by atoms with Gasteiger partial charge in [-0.1, -0.05) is 17.7 Å². The zero-order valence-electron chi connectivity index (χ0n) is 14.2. The lowest BCUT2D eigenvalue weighted by molar-refractivity contribution is 0.386.